The van der Waals surface area contributed by atoms with E-state index >= 15 is 0 Å². The Morgan fingerprint density at radius 2 is 1.88 bits per heavy atom. The number of anilines is 1. The van der Waals surface area contributed by atoms with E-state index in [-0.39, 0.29) is 0 Å². The van der Waals surface area contributed by atoms with Crippen molar-refractivity contribution in [3.63, 3.8) is 0 Å². The van der Waals surface area contributed by atoms with Crippen molar-refractivity contribution in [1.82, 2.24) is 0 Å². The van der Waals surface area contributed by atoms with Gasteiger partial charge in [-0.1, -0.05) is 40.9 Å². The van der Waals surface area contributed by atoms with E-state index in [0.717, 1.165) is 18.5 Å². The molecule has 1 aromatic carbocycles. The molecule has 0 radical (unpaired) electrons. The molecule has 0 spiro atoms. The predicted octanol–water partition coefficient (Wildman–Crippen LogP) is 5.41. The van der Waals surface area contributed by atoms with Crippen LogP contribution in [0.15, 0.2) is 24.8 Å². The molecular formula is C12H14Cl3N. The summed E-state index contributed by atoms with van der Waals surface area (Å²) in [5.74, 6) is 0. The Morgan fingerprint density at radius 1 is 1.25 bits per heavy atom. The van der Waals surface area contributed by atoms with Crippen molar-refractivity contribution in [2.24, 2.45) is 0 Å². The fraction of sp³-hybridized carbons (Fsp3) is 0.333. The lowest BCUT2D eigenvalue weighted by atomic mass is 10.1. The SMILES string of the molecule is C=CCCC(C)Nc1cc(Cl)c(Cl)cc1Cl. The van der Waals surface area contributed by atoms with E-state index < -0.39 is 0 Å². The molecule has 1 aromatic rings. The van der Waals surface area contributed by atoms with Crippen LogP contribution >= 0.6 is 34.8 Å². The first-order chi connectivity index (χ1) is 7.54. The van der Waals surface area contributed by atoms with Crippen molar-refractivity contribution >= 4 is 40.5 Å². The molecule has 0 aliphatic carbocycles. The maximum atomic E-state index is 6.05. The van der Waals surface area contributed by atoms with Crippen LogP contribution in [0.4, 0.5) is 5.69 Å². The second-order valence-electron chi connectivity index (χ2n) is 3.66. The maximum Gasteiger partial charge on any atom is 0.0653 e. The summed E-state index contributed by atoms with van der Waals surface area (Å²) in [6, 6.07) is 3.71. The molecule has 1 unspecified atom stereocenters. The molecule has 1 nitrogen and oxygen atoms in total. The molecule has 0 aliphatic rings. The molecule has 0 aromatic heterocycles. The Balaban J connectivity index is 2.73. The van der Waals surface area contributed by atoms with Gasteiger partial charge >= 0.3 is 0 Å². The Kier molecular flexibility index (Phi) is 5.47. The van der Waals surface area contributed by atoms with Crippen LogP contribution in [0.5, 0.6) is 0 Å². The maximum absolute atomic E-state index is 6.05. The molecule has 1 rings (SSSR count). The van der Waals surface area contributed by atoms with Gasteiger partial charge in [0, 0.05) is 6.04 Å². The summed E-state index contributed by atoms with van der Waals surface area (Å²) in [5, 5.41) is 4.85. The summed E-state index contributed by atoms with van der Waals surface area (Å²) >= 11 is 17.8. The molecule has 4 heteroatoms. The standard InChI is InChI=1S/C12H14Cl3N/c1-3-4-5-8(2)16-12-7-10(14)9(13)6-11(12)15/h3,6-8,16H,1,4-5H2,2H3. The summed E-state index contributed by atoms with van der Waals surface area (Å²) in [6.07, 6.45) is 3.86. The highest BCUT2D eigenvalue weighted by molar-refractivity contribution is 6.44. The lowest BCUT2D eigenvalue weighted by molar-refractivity contribution is 0.719. The predicted molar refractivity (Wildman–Crippen MR) is 74.0 cm³/mol. The fourth-order valence-electron chi connectivity index (χ4n) is 1.34. The van der Waals surface area contributed by atoms with Gasteiger partial charge in [0.2, 0.25) is 0 Å². The smallest absolute Gasteiger partial charge is 0.0653 e. The quantitative estimate of drug-likeness (QED) is 0.560. The molecule has 0 saturated carbocycles. The summed E-state index contributed by atoms with van der Waals surface area (Å²) in [7, 11) is 0. The molecule has 0 amide bonds. The monoisotopic (exact) mass is 277 g/mol. The number of allylic oxidation sites excluding steroid dienone is 1. The van der Waals surface area contributed by atoms with Gasteiger partial charge in [-0.25, -0.2) is 0 Å². The van der Waals surface area contributed by atoms with Crippen LogP contribution in [0.2, 0.25) is 15.1 Å². The van der Waals surface area contributed by atoms with E-state index in [1.54, 1.807) is 12.1 Å². The molecule has 1 N–H and O–H groups in total. The van der Waals surface area contributed by atoms with Crippen molar-refractivity contribution in [1.29, 1.82) is 0 Å². The normalized spacial score (nSPS) is 12.2. The molecule has 0 heterocycles. The number of hydrogen-bond acceptors (Lipinski definition) is 1. The van der Waals surface area contributed by atoms with Crippen LogP contribution in [-0.4, -0.2) is 6.04 Å². The lowest BCUT2D eigenvalue weighted by Crippen LogP contribution is -2.14. The fourth-order valence-corrected chi connectivity index (χ4v) is 1.94. The molecule has 0 fully saturated rings. The van der Waals surface area contributed by atoms with Crippen LogP contribution in [0.3, 0.4) is 0 Å². The van der Waals surface area contributed by atoms with E-state index in [4.69, 9.17) is 34.8 Å². The number of halogens is 3. The van der Waals surface area contributed by atoms with Gasteiger partial charge in [-0.3, -0.25) is 0 Å². The summed E-state index contributed by atoms with van der Waals surface area (Å²) in [6.45, 7) is 5.78. The van der Waals surface area contributed by atoms with Crippen LogP contribution < -0.4 is 5.32 Å². The van der Waals surface area contributed by atoms with Crippen molar-refractivity contribution < 1.29 is 0 Å². The zero-order valence-electron chi connectivity index (χ0n) is 9.06. The van der Waals surface area contributed by atoms with Crippen LogP contribution in [0, 0.1) is 0 Å². The first-order valence-corrected chi connectivity index (χ1v) is 6.20. The summed E-state index contributed by atoms with van der Waals surface area (Å²) in [4.78, 5) is 0. The molecule has 88 valence electrons. The summed E-state index contributed by atoms with van der Waals surface area (Å²) in [5.41, 5.74) is 0.813. The topological polar surface area (TPSA) is 12.0 Å². The van der Waals surface area contributed by atoms with Gasteiger partial charge in [0.05, 0.1) is 20.8 Å². The number of nitrogens with one attached hydrogen (secondary N) is 1. The Morgan fingerprint density at radius 3 is 2.50 bits per heavy atom. The number of rotatable bonds is 5. The van der Waals surface area contributed by atoms with Crippen molar-refractivity contribution in [3.8, 4) is 0 Å². The highest BCUT2D eigenvalue weighted by atomic mass is 35.5. The van der Waals surface area contributed by atoms with Crippen LogP contribution in [-0.2, 0) is 0 Å². The molecular weight excluding hydrogens is 264 g/mol. The third-order valence-corrected chi connectivity index (χ3v) is 3.25. The molecule has 16 heavy (non-hydrogen) atoms. The van der Waals surface area contributed by atoms with E-state index in [0.29, 0.717) is 21.1 Å². The first-order valence-electron chi connectivity index (χ1n) is 5.06. The van der Waals surface area contributed by atoms with Crippen molar-refractivity contribution in [2.45, 2.75) is 25.8 Å². The zero-order valence-corrected chi connectivity index (χ0v) is 11.3. The lowest BCUT2D eigenvalue weighted by Gasteiger charge is -2.16. The largest absolute Gasteiger partial charge is 0.381 e. The van der Waals surface area contributed by atoms with Crippen molar-refractivity contribution in [3.05, 3.63) is 39.9 Å². The number of benzene rings is 1. The highest BCUT2D eigenvalue weighted by Crippen LogP contribution is 2.32. The average molecular weight is 279 g/mol. The molecule has 1 atom stereocenters. The van der Waals surface area contributed by atoms with Crippen molar-refractivity contribution in [2.75, 3.05) is 5.32 Å². The Labute approximate surface area is 111 Å². The van der Waals surface area contributed by atoms with E-state index in [1.807, 2.05) is 6.08 Å². The second-order valence-corrected chi connectivity index (χ2v) is 4.88. The van der Waals surface area contributed by atoms with Gasteiger partial charge < -0.3 is 5.32 Å². The minimum absolute atomic E-state index is 0.313. The highest BCUT2D eigenvalue weighted by Gasteiger charge is 2.08. The Hall–Kier alpha value is -0.370. The minimum atomic E-state index is 0.313. The Bertz CT molecular complexity index is 377. The second kappa shape index (κ2) is 6.39. The van der Waals surface area contributed by atoms with Gasteiger partial charge in [-0.2, -0.15) is 0 Å². The van der Waals surface area contributed by atoms with E-state index in [9.17, 15) is 0 Å². The zero-order chi connectivity index (χ0) is 12.1. The average Bonchev–Trinajstić information content (AvgIpc) is 2.23. The van der Waals surface area contributed by atoms with Gasteiger partial charge in [-0.05, 0) is 31.9 Å². The third-order valence-electron chi connectivity index (χ3n) is 2.22. The summed E-state index contributed by atoms with van der Waals surface area (Å²) < 4.78 is 0. The van der Waals surface area contributed by atoms with E-state index in [2.05, 4.69) is 18.8 Å². The van der Waals surface area contributed by atoms with Gasteiger partial charge in [0.15, 0.2) is 0 Å². The van der Waals surface area contributed by atoms with Crippen LogP contribution in [0.25, 0.3) is 0 Å². The molecule has 0 bridgehead atoms. The first kappa shape index (κ1) is 13.7. The van der Waals surface area contributed by atoms with Gasteiger partial charge in [0.1, 0.15) is 0 Å². The minimum Gasteiger partial charge on any atom is -0.381 e. The molecule has 0 aliphatic heterocycles. The van der Waals surface area contributed by atoms with E-state index in [1.165, 1.54) is 0 Å². The van der Waals surface area contributed by atoms with Gasteiger partial charge in [0.25, 0.3) is 0 Å². The molecule has 0 saturated heterocycles. The third kappa shape index (κ3) is 3.89. The van der Waals surface area contributed by atoms with Gasteiger partial charge in [-0.15, -0.1) is 6.58 Å². The van der Waals surface area contributed by atoms with Crippen LogP contribution in [0.1, 0.15) is 19.8 Å². The number of hydrogen-bond donors (Lipinski definition) is 1.